The Bertz CT molecular complexity index is 1090. The molecule has 1 aliphatic heterocycles. The fourth-order valence-corrected chi connectivity index (χ4v) is 4.97. The maximum Gasteiger partial charge on any atom is 0.407 e. The van der Waals surface area contributed by atoms with E-state index in [0.29, 0.717) is 26.1 Å². The number of aliphatic hydroxyl groups excluding tert-OH is 4. The molecular formula is C32H58N4O16. The molecule has 0 aromatic rings. The fourth-order valence-electron chi connectivity index (χ4n) is 4.97. The molecule has 1 saturated heterocycles. The molecule has 9 N–H and O–H groups in total. The number of aliphatic hydroxyl groups is 4. The first kappa shape index (κ1) is 46.7. The number of ether oxygens (including phenoxy) is 6. The van der Waals surface area contributed by atoms with Crippen molar-refractivity contribution in [3.63, 3.8) is 0 Å². The summed E-state index contributed by atoms with van der Waals surface area (Å²) in [6.45, 7) is 6.89. The van der Waals surface area contributed by atoms with Gasteiger partial charge in [0.2, 0.25) is 11.8 Å². The SMILES string of the molecule is CCCOCCOC(=O)NCCCCC(NC(=O)OCCOCCC)C(=O)NCC(=O)NC1C(O)CC(OC(C)C)(C(=O)O)OC1C(O)C(O)CO. The van der Waals surface area contributed by atoms with Crippen LogP contribution in [0.15, 0.2) is 0 Å². The highest BCUT2D eigenvalue weighted by molar-refractivity contribution is 5.89. The molecule has 1 fully saturated rings. The van der Waals surface area contributed by atoms with Crippen LogP contribution in [0.3, 0.4) is 0 Å². The van der Waals surface area contributed by atoms with Gasteiger partial charge in [0, 0.05) is 26.2 Å². The lowest BCUT2D eigenvalue weighted by molar-refractivity contribution is -0.319. The number of hydrogen-bond acceptors (Lipinski definition) is 15. The molecule has 1 heterocycles. The van der Waals surface area contributed by atoms with E-state index in [2.05, 4.69) is 21.3 Å². The van der Waals surface area contributed by atoms with Crippen molar-refractivity contribution in [2.45, 2.75) is 115 Å². The molecule has 0 bridgehead atoms. The lowest BCUT2D eigenvalue weighted by Crippen LogP contribution is -2.68. The molecule has 7 unspecified atom stereocenters. The second-order valence-corrected chi connectivity index (χ2v) is 12.2. The summed E-state index contributed by atoms with van der Waals surface area (Å²) < 4.78 is 31.6. The summed E-state index contributed by atoms with van der Waals surface area (Å²) in [7, 11) is 0. The Labute approximate surface area is 303 Å². The van der Waals surface area contributed by atoms with Gasteiger partial charge in [-0.1, -0.05) is 13.8 Å². The summed E-state index contributed by atoms with van der Waals surface area (Å²) in [6.07, 6.45) is -7.85. The van der Waals surface area contributed by atoms with Crippen molar-refractivity contribution >= 4 is 30.0 Å². The van der Waals surface area contributed by atoms with E-state index in [1.165, 1.54) is 13.8 Å². The molecule has 0 radical (unpaired) electrons. The van der Waals surface area contributed by atoms with E-state index < -0.39 is 97.9 Å². The van der Waals surface area contributed by atoms with E-state index >= 15 is 0 Å². The van der Waals surface area contributed by atoms with E-state index in [0.717, 1.165) is 12.8 Å². The zero-order chi connectivity index (χ0) is 39.1. The van der Waals surface area contributed by atoms with Crippen LogP contribution in [0.5, 0.6) is 0 Å². The van der Waals surface area contributed by atoms with E-state index in [1.54, 1.807) is 0 Å². The predicted molar refractivity (Wildman–Crippen MR) is 180 cm³/mol. The Kier molecular flexibility index (Phi) is 22.9. The number of aliphatic carboxylic acids is 1. The van der Waals surface area contributed by atoms with Crippen molar-refractivity contribution < 1.29 is 77.9 Å². The van der Waals surface area contributed by atoms with E-state index in [1.807, 2.05) is 13.8 Å². The highest BCUT2D eigenvalue weighted by Crippen LogP contribution is 2.34. The second kappa shape index (κ2) is 25.6. The second-order valence-electron chi connectivity index (χ2n) is 12.2. The highest BCUT2D eigenvalue weighted by atomic mass is 16.7. The van der Waals surface area contributed by atoms with Gasteiger partial charge < -0.3 is 75.2 Å². The zero-order valence-electron chi connectivity index (χ0n) is 30.4. The van der Waals surface area contributed by atoms with Gasteiger partial charge in [-0.3, -0.25) is 9.59 Å². The number of carbonyl (C=O) groups excluding carboxylic acids is 4. The Morgan fingerprint density at radius 2 is 1.50 bits per heavy atom. The average Bonchev–Trinajstić information content (AvgIpc) is 3.09. The van der Waals surface area contributed by atoms with Crippen molar-refractivity contribution in [1.82, 2.24) is 21.3 Å². The molecule has 20 heteroatoms. The molecule has 20 nitrogen and oxygen atoms in total. The number of alkyl carbamates (subject to hydrolysis) is 2. The Hall–Kier alpha value is -3.37. The summed E-state index contributed by atoms with van der Waals surface area (Å²) in [5.74, 6) is -5.79. The molecule has 0 aromatic carbocycles. The lowest BCUT2D eigenvalue weighted by atomic mass is 9.88. The van der Waals surface area contributed by atoms with Crippen molar-refractivity contribution in [2.75, 3.05) is 59.3 Å². The highest BCUT2D eigenvalue weighted by Gasteiger charge is 2.56. The van der Waals surface area contributed by atoms with Gasteiger partial charge >= 0.3 is 18.2 Å². The first-order chi connectivity index (χ1) is 24.7. The van der Waals surface area contributed by atoms with Gasteiger partial charge in [0.05, 0.1) is 44.6 Å². The third kappa shape index (κ3) is 17.4. The van der Waals surface area contributed by atoms with Crippen LogP contribution in [-0.4, -0.2) is 163 Å². The minimum atomic E-state index is -2.46. The molecular weight excluding hydrogens is 696 g/mol. The quantitative estimate of drug-likeness (QED) is 0.0454. The molecule has 4 amide bonds. The smallest absolute Gasteiger partial charge is 0.407 e. The standard InChI is InChI=1S/C32H58N4O16/c1-5-11-47-13-15-49-30(45)33-10-8-7-9-21(35-31(46)50-16-14-48-12-6-2)28(42)34-18-24(40)36-25-22(38)17-32(29(43)44,51-20(3)4)52-27(25)26(41)23(39)19-37/h20-23,25-27,37-39,41H,5-19H2,1-4H3,(H,33,45)(H,34,42)(H,35,46)(H,36,40)(H,43,44). The monoisotopic (exact) mass is 754 g/mol. The first-order valence-electron chi connectivity index (χ1n) is 17.5. The summed E-state index contributed by atoms with van der Waals surface area (Å²) in [5.41, 5.74) is 0. The van der Waals surface area contributed by atoms with Gasteiger partial charge in [-0.05, 0) is 46.0 Å². The lowest BCUT2D eigenvalue weighted by Gasteiger charge is -2.47. The van der Waals surface area contributed by atoms with Crippen LogP contribution < -0.4 is 21.3 Å². The minimum Gasteiger partial charge on any atom is -0.477 e. The molecule has 1 aliphatic rings. The number of carboxylic acids is 1. The maximum absolute atomic E-state index is 13.1. The van der Waals surface area contributed by atoms with Crippen LogP contribution in [0.4, 0.5) is 9.59 Å². The topological polar surface area (TPSA) is 290 Å². The number of hydrogen-bond donors (Lipinski definition) is 9. The van der Waals surface area contributed by atoms with E-state index in [4.69, 9.17) is 28.4 Å². The van der Waals surface area contributed by atoms with Crippen molar-refractivity contribution in [3.8, 4) is 0 Å². The number of rotatable bonds is 26. The van der Waals surface area contributed by atoms with E-state index in [9.17, 15) is 49.5 Å². The van der Waals surface area contributed by atoms with Crippen LogP contribution in [0.1, 0.15) is 66.2 Å². The third-order valence-electron chi connectivity index (χ3n) is 7.41. The molecule has 1 rings (SSSR count). The maximum atomic E-state index is 13.1. The van der Waals surface area contributed by atoms with Crippen LogP contribution >= 0.6 is 0 Å². The van der Waals surface area contributed by atoms with Crippen LogP contribution in [0.25, 0.3) is 0 Å². The minimum absolute atomic E-state index is 0.0755. The van der Waals surface area contributed by atoms with Gasteiger partial charge in [0.25, 0.3) is 5.79 Å². The molecule has 0 spiro atoms. The van der Waals surface area contributed by atoms with Gasteiger partial charge in [-0.25, -0.2) is 14.4 Å². The Morgan fingerprint density at radius 3 is 2.06 bits per heavy atom. The summed E-state index contributed by atoms with van der Waals surface area (Å²) in [6, 6.07) is -2.70. The van der Waals surface area contributed by atoms with Gasteiger partial charge in [0.15, 0.2) is 0 Å². The van der Waals surface area contributed by atoms with Crippen LogP contribution in [0.2, 0.25) is 0 Å². The number of nitrogens with one attached hydrogen (secondary N) is 4. The Morgan fingerprint density at radius 1 is 0.885 bits per heavy atom. The third-order valence-corrected chi connectivity index (χ3v) is 7.41. The van der Waals surface area contributed by atoms with Crippen molar-refractivity contribution in [3.05, 3.63) is 0 Å². The molecule has 0 saturated carbocycles. The molecule has 0 aliphatic carbocycles. The normalized spacial score (nSPS) is 21.8. The van der Waals surface area contributed by atoms with Gasteiger partial charge in [0.1, 0.15) is 37.6 Å². The molecule has 7 atom stereocenters. The fraction of sp³-hybridized carbons (Fsp3) is 0.844. The summed E-state index contributed by atoms with van der Waals surface area (Å²) in [5, 5.41) is 60.7. The number of carboxylic acid groups (broad SMARTS) is 1. The van der Waals surface area contributed by atoms with Crippen LogP contribution in [0, 0.1) is 0 Å². The first-order valence-corrected chi connectivity index (χ1v) is 17.5. The van der Waals surface area contributed by atoms with Crippen molar-refractivity contribution in [2.24, 2.45) is 0 Å². The molecule has 52 heavy (non-hydrogen) atoms. The van der Waals surface area contributed by atoms with Gasteiger partial charge in [-0.15, -0.1) is 0 Å². The average molecular weight is 755 g/mol. The van der Waals surface area contributed by atoms with E-state index in [-0.39, 0.29) is 39.4 Å². The number of amides is 4. The molecule has 302 valence electrons. The summed E-state index contributed by atoms with van der Waals surface area (Å²) in [4.78, 5) is 62.6. The van der Waals surface area contributed by atoms with Gasteiger partial charge in [-0.2, -0.15) is 0 Å². The van der Waals surface area contributed by atoms with Crippen LogP contribution in [-0.2, 0) is 42.8 Å². The van der Waals surface area contributed by atoms with Crippen molar-refractivity contribution in [1.29, 1.82) is 0 Å². The summed E-state index contributed by atoms with van der Waals surface area (Å²) >= 11 is 0. The zero-order valence-corrected chi connectivity index (χ0v) is 30.4. The Balaban J connectivity index is 2.88. The largest absolute Gasteiger partial charge is 0.477 e. The number of carbonyl (C=O) groups is 5. The molecule has 0 aromatic heterocycles. The predicted octanol–water partition coefficient (Wildman–Crippen LogP) is -1.50. The number of unbranched alkanes of at least 4 members (excludes halogenated alkanes) is 1.